The van der Waals surface area contributed by atoms with Crippen LogP contribution in [0, 0.1) is 5.82 Å². The van der Waals surface area contributed by atoms with Gasteiger partial charge in [0.05, 0.1) is 10.0 Å². The maximum atomic E-state index is 13.7. The molecule has 0 N–H and O–H groups in total. The Bertz CT molecular complexity index is 713. The summed E-state index contributed by atoms with van der Waals surface area (Å²) >= 11 is 12.0. The van der Waals surface area contributed by atoms with E-state index in [1.807, 2.05) is 36.4 Å². The van der Waals surface area contributed by atoms with Crippen molar-refractivity contribution in [2.24, 2.45) is 0 Å². The molecule has 0 aliphatic carbocycles. The molecule has 3 aromatic carbocycles. The molecule has 0 aliphatic rings. The van der Waals surface area contributed by atoms with E-state index < -0.39 is 13.7 Å². The van der Waals surface area contributed by atoms with Gasteiger partial charge in [-0.3, -0.25) is 0 Å². The molecule has 4 heteroatoms. The van der Waals surface area contributed by atoms with E-state index in [1.54, 1.807) is 12.1 Å². The lowest BCUT2D eigenvalue weighted by molar-refractivity contribution is 0.629. The van der Waals surface area contributed by atoms with Crippen LogP contribution in [0.25, 0.3) is 0 Å². The fourth-order valence-corrected chi connectivity index (χ4v) is 5.26. The molecule has 0 aromatic heterocycles. The van der Waals surface area contributed by atoms with Crippen molar-refractivity contribution >= 4 is 47.0 Å². The minimum atomic E-state index is -0.826. The highest BCUT2D eigenvalue weighted by atomic mass is 35.5. The first-order valence-corrected chi connectivity index (χ1v) is 8.81. The van der Waals surface area contributed by atoms with Gasteiger partial charge in [0.2, 0.25) is 0 Å². The fraction of sp³-hybridized carbons (Fsp3) is 0. The average Bonchev–Trinajstić information content (AvgIpc) is 2.55. The van der Waals surface area contributed by atoms with Crippen molar-refractivity contribution in [2.45, 2.75) is 0 Å². The van der Waals surface area contributed by atoms with Gasteiger partial charge in [-0.25, -0.2) is 4.39 Å². The molecule has 0 saturated carbocycles. The summed E-state index contributed by atoms with van der Waals surface area (Å²) in [5.74, 6) is -0.567. The molecule has 3 aromatic rings. The molecule has 110 valence electrons. The zero-order valence-corrected chi connectivity index (χ0v) is 13.9. The summed E-state index contributed by atoms with van der Waals surface area (Å²) < 4.78 is 13.7. The first-order valence-electron chi connectivity index (χ1n) is 6.71. The van der Waals surface area contributed by atoms with E-state index in [0.29, 0.717) is 0 Å². The summed E-state index contributed by atoms with van der Waals surface area (Å²) in [6.45, 7) is 0. The van der Waals surface area contributed by atoms with Gasteiger partial charge in [-0.1, -0.05) is 83.9 Å². The molecule has 0 fully saturated rings. The quantitative estimate of drug-likeness (QED) is 0.467. The van der Waals surface area contributed by atoms with Gasteiger partial charge in [-0.2, -0.15) is 0 Å². The van der Waals surface area contributed by atoms with Crippen molar-refractivity contribution in [2.75, 3.05) is 0 Å². The van der Waals surface area contributed by atoms with Gasteiger partial charge in [0.1, 0.15) is 0 Å². The Morgan fingerprint density at radius 1 is 0.636 bits per heavy atom. The maximum Gasteiger partial charge on any atom is 0.160 e. The van der Waals surface area contributed by atoms with E-state index in [0.717, 1.165) is 5.30 Å². The van der Waals surface area contributed by atoms with Gasteiger partial charge in [-0.15, -0.1) is 0 Å². The molecular formula is C18H12Cl2FP. The molecule has 0 heterocycles. The topological polar surface area (TPSA) is 0 Å². The first-order chi connectivity index (χ1) is 10.7. The van der Waals surface area contributed by atoms with Gasteiger partial charge < -0.3 is 0 Å². The second-order valence-electron chi connectivity index (χ2n) is 4.73. The van der Waals surface area contributed by atoms with Crippen LogP contribution in [0.2, 0.25) is 10.0 Å². The first kappa shape index (κ1) is 15.5. The number of halogens is 3. The minimum Gasteiger partial charge on any atom is -0.204 e. The Morgan fingerprint density at radius 2 is 1.05 bits per heavy atom. The van der Waals surface area contributed by atoms with E-state index in [9.17, 15) is 4.39 Å². The van der Waals surface area contributed by atoms with Gasteiger partial charge in [0.15, 0.2) is 5.82 Å². The largest absolute Gasteiger partial charge is 0.204 e. The van der Waals surface area contributed by atoms with Gasteiger partial charge in [0, 0.05) is 0 Å². The van der Waals surface area contributed by atoms with E-state index in [1.165, 1.54) is 10.6 Å². The van der Waals surface area contributed by atoms with Crippen molar-refractivity contribution < 1.29 is 4.39 Å². The Balaban J connectivity index is 2.19. The van der Waals surface area contributed by atoms with Crippen molar-refractivity contribution in [1.29, 1.82) is 0 Å². The number of rotatable bonds is 3. The van der Waals surface area contributed by atoms with Crippen molar-refractivity contribution in [1.82, 2.24) is 0 Å². The lowest BCUT2D eigenvalue weighted by Gasteiger charge is -2.20. The van der Waals surface area contributed by atoms with Crippen LogP contribution in [0.5, 0.6) is 0 Å². The third-order valence-corrected chi connectivity index (χ3v) is 6.21. The second-order valence-corrected chi connectivity index (χ2v) is 7.76. The minimum absolute atomic E-state index is 0.0573. The SMILES string of the molecule is Fc1c(Cl)cc(P(c2ccccc2)c2ccccc2)cc1Cl. The zero-order valence-electron chi connectivity index (χ0n) is 11.5. The molecule has 22 heavy (non-hydrogen) atoms. The van der Waals surface area contributed by atoms with Crippen LogP contribution in [0.4, 0.5) is 4.39 Å². The highest BCUT2D eigenvalue weighted by Gasteiger charge is 2.19. The second kappa shape index (κ2) is 6.79. The molecule has 3 rings (SSSR count). The molecule has 0 radical (unpaired) electrons. The molecule has 0 atom stereocenters. The summed E-state index contributed by atoms with van der Waals surface area (Å²) in [6, 6.07) is 23.6. The summed E-state index contributed by atoms with van der Waals surface area (Å²) in [5, 5.41) is 3.39. The Hall–Kier alpha value is -1.40. The van der Waals surface area contributed by atoms with Crippen molar-refractivity contribution in [3.63, 3.8) is 0 Å². The molecular weight excluding hydrogens is 337 g/mol. The smallest absolute Gasteiger partial charge is 0.160 e. The lowest BCUT2D eigenvalue weighted by Crippen LogP contribution is -2.20. The van der Waals surface area contributed by atoms with E-state index in [2.05, 4.69) is 24.3 Å². The molecule has 0 bridgehead atoms. The lowest BCUT2D eigenvalue weighted by atomic mass is 10.3. The van der Waals surface area contributed by atoms with Crippen LogP contribution >= 0.6 is 31.1 Å². The van der Waals surface area contributed by atoms with Gasteiger partial charge >= 0.3 is 0 Å². The molecule has 0 amide bonds. The third kappa shape index (κ3) is 3.17. The zero-order chi connectivity index (χ0) is 15.5. The van der Waals surface area contributed by atoms with Gasteiger partial charge in [0.25, 0.3) is 0 Å². The van der Waals surface area contributed by atoms with E-state index >= 15 is 0 Å². The Morgan fingerprint density at radius 3 is 1.45 bits per heavy atom. The summed E-state index contributed by atoms with van der Waals surface area (Å²) in [6.07, 6.45) is 0. The van der Waals surface area contributed by atoms with E-state index in [4.69, 9.17) is 23.2 Å². The predicted octanol–water partition coefficient (Wildman–Crippen LogP) is 4.89. The van der Waals surface area contributed by atoms with Crippen molar-refractivity contribution in [3.05, 3.63) is 88.7 Å². The maximum absolute atomic E-state index is 13.7. The predicted molar refractivity (Wildman–Crippen MR) is 95.1 cm³/mol. The average molecular weight is 349 g/mol. The third-order valence-electron chi connectivity index (χ3n) is 3.26. The van der Waals surface area contributed by atoms with Crippen molar-refractivity contribution in [3.8, 4) is 0 Å². The molecule has 0 aliphatic heterocycles. The fourth-order valence-electron chi connectivity index (χ4n) is 2.27. The molecule has 0 unspecified atom stereocenters. The number of hydrogen-bond donors (Lipinski definition) is 0. The van der Waals surface area contributed by atoms with Gasteiger partial charge in [-0.05, 0) is 36.0 Å². The molecule has 0 saturated heterocycles. The highest BCUT2D eigenvalue weighted by Crippen LogP contribution is 2.35. The number of benzene rings is 3. The Labute approximate surface area is 140 Å². The number of hydrogen-bond acceptors (Lipinski definition) is 0. The monoisotopic (exact) mass is 348 g/mol. The highest BCUT2D eigenvalue weighted by molar-refractivity contribution is 7.79. The van der Waals surface area contributed by atoms with Crippen LogP contribution < -0.4 is 15.9 Å². The summed E-state index contributed by atoms with van der Waals surface area (Å²) in [4.78, 5) is 0. The van der Waals surface area contributed by atoms with Crippen LogP contribution in [0.3, 0.4) is 0 Å². The van der Waals surface area contributed by atoms with Crippen LogP contribution in [0.15, 0.2) is 72.8 Å². The standard InChI is InChI=1S/C18H12Cl2FP/c19-16-11-15(12-17(20)18(16)21)22(13-7-3-1-4-8-13)14-9-5-2-6-10-14/h1-12H. The normalized spacial score (nSPS) is 10.9. The van der Waals surface area contributed by atoms with Crippen LogP contribution in [-0.4, -0.2) is 0 Å². The Kier molecular flexibility index (Phi) is 4.78. The summed E-state index contributed by atoms with van der Waals surface area (Å²) in [5.41, 5.74) is 0. The van der Waals surface area contributed by atoms with Crippen LogP contribution in [-0.2, 0) is 0 Å². The molecule has 0 spiro atoms. The summed E-state index contributed by atoms with van der Waals surface area (Å²) in [7, 11) is -0.826. The van der Waals surface area contributed by atoms with E-state index in [-0.39, 0.29) is 10.0 Å². The molecule has 0 nitrogen and oxygen atoms in total. The van der Waals surface area contributed by atoms with Crippen LogP contribution in [0.1, 0.15) is 0 Å².